The van der Waals surface area contributed by atoms with Crippen molar-refractivity contribution in [1.82, 2.24) is 15.0 Å². The smallest absolute Gasteiger partial charge is 0.164 e. The van der Waals surface area contributed by atoms with Gasteiger partial charge < -0.3 is 5.73 Å². The monoisotopic (exact) mass is 596 g/mol. The third kappa shape index (κ3) is 5.25. The molecule has 6 aromatic carbocycles. The molecule has 1 fully saturated rings. The zero-order valence-corrected chi connectivity index (χ0v) is 25.8. The molecule has 0 saturated heterocycles. The van der Waals surface area contributed by atoms with Gasteiger partial charge in [0.2, 0.25) is 0 Å². The summed E-state index contributed by atoms with van der Waals surface area (Å²) >= 11 is 0. The molecule has 1 aromatic heterocycles. The van der Waals surface area contributed by atoms with Crippen molar-refractivity contribution >= 4 is 21.5 Å². The van der Waals surface area contributed by atoms with E-state index in [1.807, 2.05) is 60.7 Å². The van der Waals surface area contributed by atoms with E-state index in [1.165, 1.54) is 51.9 Å². The first-order valence-electron chi connectivity index (χ1n) is 16.4. The van der Waals surface area contributed by atoms with Crippen LogP contribution in [0.5, 0.6) is 0 Å². The van der Waals surface area contributed by atoms with E-state index in [1.54, 1.807) is 0 Å². The number of fused-ring (bicyclic) bond motifs is 2. The molecule has 0 aliphatic heterocycles. The van der Waals surface area contributed by atoms with Gasteiger partial charge in [-0.2, -0.15) is 0 Å². The lowest BCUT2D eigenvalue weighted by Crippen LogP contribution is -2.21. The number of nitrogens with two attached hydrogens (primary N) is 1. The largest absolute Gasteiger partial charge is 0.330 e. The maximum atomic E-state index is 6.20. The highest BCUT2D eigenvalue weighted by Gasteiger charge is 2.27. The number of hydrogen-bond acceptors (Lipinski definition) is 4. The van der Waals surface area contributed by atoms with Crippen molar-refractivity contribution in [3.63, 3.8) is 0 Å². The van der Waals surface area contributed by atoms with Crippen LogP contribution in [0.25, 0.3) is 66.8 Å². The highest BCUT2D eigenvalue weighted by atomic mass is 15.0. The van der Waals surface area contributed by atoms with Crippen LogP contribution in [0.3, 0.4) is 0 Å². The zero-order chi connectivity index (χ0) is 30.9. The number of hydrogen-bond donors (Lipinski definition) is 1. The Morgan fingerprint density at radius 2 is 0.978 bits per heavy atom. The molecule has 2 unspecified atom stereocenters. The van der Waals surface area contributed by atoms with Crippen LogP contribution in [0, 0.1) is 5.92 Å². The average Bonchev–Trinajstić information content (AvgIpc) is 3.14. The standard InChI is InChI=1S/C42H36N4/c43-27-28-13-11-18-31(25-28)38-34-21-7-9-23-36(34)39(37-24-10-8-22-35(37)38)32-19-12-20-33(26-32)42-45-40(29-14-3-1-4-15-29)44-41(46-42)30-16-5-2-6-17-30/h1-10,12,14-17,19-24,26,28,31H,11,13,18,25,27,43H2. The Labute approximate surface area is 270 Å². The minimum atomic E-state index is 0.510. The van der Waals surface area contributed by atoms with Crippen LogP contribution < -0.4 is 5.73 Å². The van der Waals surface area contributed by atoms with Crippen LogP contribution in [-0.2, 0) is 0 Å². The Hall–Kier alpha value is -5.19. The van der Waals surface area contributed by atoms with Crippen LogP contribution in [0.15, 0.2) is 133 Å². The van der Waals surface area contributed by atoms with E-state index in [4.69, 9.17) is 20.7 Å². The van der Waals surface area contributed by atoms with Gasteiger partial charge in [-0.25, -0.2) is 15.0 Å². The topological polar surface area (TPSA) is 64.7 Å². The Bertz CT molecular complexity index is 2040. The molecule has 0 amide bonds. The molecule has 4 nitrogen and oxygen atoms in total. The lowest BCUT2D eigenvalue weighted by atomic mass is 9.74. The van der Waals surface area contributed by atoms with Crippen LogP contribution in [0.2, 0.25) is 0 Å². The SMILES string of the molecule is NCC1CCCC(c2c3ccccc3c(-c3cccc(-c4nc(-c5ccccc5)nc(-c5ccccc5)n4)c3)c3ccccc23)C1. The Balaban J connectivity index is 1.32. The third-order valence-electron chi connectivity index (χ3n) is 9.61. The minimum Gasteiger partial charge on any atom is -0.330 e. The molecule has 224 valence electrons. The van der Waals surface area contributed by atoms with Crippen molar-refractivity contribution in [1.29, 1.82) is 0 Å². The second-order valence-corrected chi connectivity index (χ2v) is 12.5. The molecule has 1 saturated carbocycles. The fourth-order valence-electron chi connectivity index (χ4n) is 7.43. The maximum Gasteiger partial charge on any atom is 0.164 e. The van der Waals surface area contributed by atoms with Crippen molar-refractivity contribution < 1.29 is 0 Å². The van der Waals surface area contributed by atoms with E-state index in [-0.39, 0.29) is 0 Å². The molecule has 0 bridgehead atoms. The second-order valence-electron chi connectivity index (χ2n) is 12.5. The van der Waals surface area contributed by atoms with Crippen LogP contribution >= 0.6 is 0 Å². The first-order chi connectivity index (χ1) is 22.8. The highest BCUT2D eigenvalue weighted by molar-refractivity contribution is 6.15. The van der Waals surface area contributed by atoms with Gasteiger partial charge >= 0.3 is 0 Å². The van der Waals surface area contributed by atoms with Gasteiger partial charge in [0.1, 0.15) is 0 Å². The van der Waals surface area contributed by atoms with E-state index >= 15 is 0 Å². The fourth-order valence-corrected chi connectivity index (χ4v) is 7.43. The lowest BCUT2D eigenvalue weighted by molar-refractivity contribution is 0.331. The summed E-state index contributed by atoms with van der Waals surface area (Å²) in [6, 6.07) is 46.9. The molecule has 0 radical (unpaired) electrons. The van der Waals surface area contributed by atoms with Crippen LogP contribution in [-0.4, -0.2) is 21.5 Å². The number of rotatable bonds is 6. The van der Waals surface area contributed by atoms with Crippen molar-refractivity contribution in [2.45, 2.75) is 31.6 Å². The molecule has 0 spiro atoms. The molecule has 1 aliphatic rings. The average molecular weight is 597 g/mol. The summed E-state index contributed by atoms with van der Waals surface area (Å²) in [7, 11) is 0. The van der Waals surface area contributed by atoms with Crippen LogP contribution in [0.1, 0.15) is 37.2 Å². The molecule has 2 atom stereocenters. The van der Waals surface area contributed by atoms with E-state index in [0.29, 0.717) is 29.3 Å². The summed E-state index contributed by atoms with van der Waals surface area (Å²) in [5, 5.41) is 5.27. The molecule has 4 heteroatoms. The quantitative estimate of drug-likeness (QED) is 0.194. The summed E-state index contributed by atoms with van der Waals surface area (Å²) in [4.78, 5) is 14.9. The van der Waals surface area contributed by atoms with Crippen molar-refractivity contribution in [3.05, 3.63) is 139 Å². The molecule has 2 N–H and O–H groups in total. The van der Waals surface area contributed by atoms with E-state index in [0.717, 1.165) is 35.2 Å². The zero-order valence-electron chi connectivity index (χ0n) is 25.8. The van der Waals surface area contributed by atoms with Gasteiger partial charge in [-0.3, -0.25) is 0 Å². The summed E-state index contributed by atoms with van der Waals surface area (Å²) < 4.78 is 0. The molecule has 8 rings (SSSR count). The highest BCUT2D eigenvalue weighted by Crippen LogP contribution is 2.46. The molecular formula is C42H36N4. The normalized spacial score (nSPS) is 16.5. The van der Waals surface area contributed by atoms with Crippen molar-refractivity contribution in [3.8, 4) is 45.3 Å². The van der Waals surface area contributed by atoms with E-state index < -0.39 is 0 Å². The van der Waals surface area contributed by atoms with Crippen LogP contribution in [0.4, 0.5) is 0 Å². The van der Waals surface area contributed by atoms with Gasteiger partial charge in [-0.15, -0.1) is 0 Å². The molecule has 1 heterocycles. The second kappa shape index (κ2) is 12.3. The third-order valence-corrected chi connectivity index (χ3v) is 9.61. The molecule has 7 aromatic rings. The predicted octanol–water partition coefficient (Wildman–Crippen LogP) is 10.1. The number of aromatic nitrogens is 3. The first kappa shape index (κ1) is 28.3. The van der Waals surface area contributed by atoms with E-state index in [9.17, 15) is 0 Å². The van der Waals surface area contributed by atoms with Gasteiger partial charge in [0.05, 0.1) is 0 Å². The van der Waals surface area contributed by atoms with Crippen molar-refractivity contribution in [2.24, 2.45) is 11.7 Å². The Kier molecular flexibility index (Phi) is 7.57. The van der Waals surface area contributed by atoms with Gasteiger partial charge in [0.15, 0.2) is 17.5 Å². The number of benzene rings is 6. The lowest BCUT2D eigenvalue weighted by Gasteiger charge is -2.31. The minimum absolute atomic E-state index is 0.510. The van der Waals surface area contributed by atoms with Gasteiger partial charge in [-0.1, -0.05) is 134 Å². The molecule has 1 aliphatic carbocycles. The van der Waals surface area contributed by atoms with Crippen molar-refractivity contribution in [2.75, 3.05) is 6.54 Å². The van der Waals surface area contributed by atoms with E-state index in [2.05, 4.69) is 72.8 Å². The molecule has 46 heavy (non-hydrogen) atoms. The molecular weight excluding hydrogens is 560 g/mol. The van der Waals surface area contributed by atoms with Gasteiger partial charge in [-0.05, 0) is 81.9 Å². The predicted molar refractivity (Wildman–Crippen MR) is 190 cm³/mol. The summed E-state index contributed by atoms with van der Waals surface area (Å²) in [6.45, 7) is 0.770. The summed E-state index contributed by atoms with van der Waals surface area (Å²) in [5.74, 6) is 3.09. The maximum absolute atomic E-state index is 6.20. The Morgan fingerprint density at radius 3 is 1.54 bits per heavy atom. The number of nitrogens with zero attached hydrogens (tertiary/aromatic N) is 3. The Morgan fingerprint density at radius 1 is 0.500 bits per heavy atom. The first-order valence-corrected chi connectivity index (χ1v) is 16.4. The van der Waals surface area contributed by atoms with Gasteiger partial charge in [0.25, 0.3) is 0 Å². The fraction of sp³-hybridized carbons (Fsp3) is 0.167. The van der Waals surface area contributed by atoms with Gasteiger partial charge in [0, 0.05) is 16.7 Å². The summed E-state index contributed by atoms with van der Waals surface area (Å²) in [5.41, 5.74) is 13.0. The summed E-state index contributed by atoms with van der Waals surface area (Å²) in [6.07, 6.45) is 4.85.